The second-order valence-electron chi connectivity index (χ2n) is 8.40. The number of methoxy groups -OCH3 is 1. The fraction of sp³-hybridized carbons (Fsp3) is 0.417. The number of pyridine rings is 1. The largest absolute Gasteiger partial charge is 0.497 e. The van der Waals surface area contributed by atoms with Gasteiger partial charge in [-0.3, -0.25) is 9.36 Å². The van der Waals surface area contributed by atoms with E-state index in [0.29, 0.717) is 47.9 Å². The molecule has 5 rings (SSSR count). The molecule has 4 heterocycles. The molecule has 8 nitrogen and oxygen atoms in total. The topological polar surface area (TPSA) is 93.3 Å². The summed E-state index contributed by atoms with van der Waals surface area (Å²) in [5.41, 5.74) is 3.29. The third-order valence-corrected chi connectivity index (χ3v) is 6.43. The summed E-state index contributed by atoms with van der Waals surface area (Å²) < 4.78 is 12.4. The highest BCUT2D eigenvalue weighted by atomic mass is 16.5. The molecule has 0 saturated carbocycles. The van der Waals surface area contributed by atoms with E-state index in [1.54, 1.807) is 36.2 Å². The van der Waals surface area contributed by atoms with E-state index in [2.05, 4.69) is 16.0 Å². The van der Waals surface area contributed by atoms with Crippen molar-refractivity contribution in [3.05, 3.63) is 57.8 Å². The van der Waals surface area contributed by atoms with Crippen LogP contribution < -0.4 is 15.2 Å². The van der Waals surface area contributed by atoms with E-state index in [0.717, 1.165) is 49.4 Å². The molecule has 0 unspecified atom stereocenters. The van der Waals surface area contributed by atoms with Crippen molar-refractivity contribution in [3.63, 3.8) is 0 Å². The van der Waals surface area contributed by atoms with Gasteiger partial charge in [0.2, 0.25) is 0 Å². The van der Waals surface area contributed by atoms with E-state index in [1.165, 1.54) is 0 Å². The molecule has 2 aromatic heterocycles. The summed E-state index contributed by atoms with van der Waals surface area (Å²) in [6.45, 7) is 3.47. The zero-order valence-corrected chi connectivity index (χ0v) is 18.1. The Bertz CT molecular complexity index is 1250. The molecule has 0 bridgehead atoms. The first kappa shape index (κ1) is 20.5. The van der Waals surface area contributed by atoms with E-state index in [-0.39, 0.29) is 5.56 Å². The number of benzene rings is 1. The van der Waals surface area contributed by atoms with Gasteiger partial charge >= 0.3 is 0 Å². The average molecular weight is 431 g/mol. The van der Waals surface area contributed by atoms with Gasteiger partial charge in [-0.2, -0.15) is 5.26 Å². The first-order valence-electron chi connectivity index (χ1n) is 10.9. The van der Waals surface area contributed by atoms with Crippen molar-refractivity contribution in [2.45, 2.75) is 32.4 Å². The zero-order chi connectivity index (χ0) is 22.1. The number of aromatic nitrogens is 3. The summed E-state index contributed by atoms with van der Waals surface area (Å²) in [5, 5.41) is 10.2. The predicted molar refractivity (Wildman–Crippen MR) is 120 cm³/mol. The molecular weight excluding hydrogens is 406 g/mol. The Balaban J connectivity index is 1.30. The molecule has 8 heteroatoms. The van der Waals surface area contributed by atoms with Crippen LogP contribution in [0.3, 0.4) is 0 Å². The second kappa shape index (κ2) is 8.60. The molecule has 32 heavy (non-hydrogen) atoms. The lowest BCUT2D eigenvalue weighted by atomic mass is 9.96. The SMILES string of the molecule is COc1ccc2c(=O)n(CC3CCN(c4nc5c(cc4C#N)COCC5)CC3)cnc2c1. The number of rotatable bonds is 4. The molecule has 2 aliphatic heterocycles. The lowest BCUT2D eigenvalue weighted by Gasteiger charge is -2.34. The van der Waals surface area contributed by atoms with Gasteiger partial charge in [0.05, 0.1) is 48.8 Å². The molecule has 0 radical (unpaired) electrons. The highest BCUT2D eigenvalue weighted by molar-refractivity contribution is 5.78. The Labute approximate surface area is 186 Å². The molecule has 0 atom stereocenters. The van der Waals surface area contributed by atoms with E-state index in [4.69, 9.17) is 14.5 Å². The molecule has 1 fully saturated rings. The number of ether oxygens (including phenoxy) is 2. The summed E-state index contributed by atoms with van der Waals surface area (Å²) in [6.07, 6.45) is 4.28. The standard InChI is InChI=1S/C24H25N5O3/c1-31-19-2-3-20-22(11-19)26-15-29(24(20)30)13-16-4-7-28(8-5-16)23-17(12-25)10-18-14-32-9-6-21(18)27-23/h2-3,10-11,15-16H,4-9,13-14H2,1H3. The summed E-state index contributed by atoms with van der Waals surface area (Å²) in [4.78, 5) is 24.4. The number of fused-ring (bicyclic) bond motifs is 2. The number of hydrogen-bond acceptors (Lipinski definition) is 7. The normalized spacial score (nSPS) is 16.6. The first-order chi connectivity index (χ1) is 15.7. The number of hydrogen-bond donors (Lipinski definition) is 0. The minimum Gasteiger partial charge on any atom is -0.497 e. The van der Waals surface area contributed by atoms with Crippen LogP contribution >= 0.6 is 0 Å². The maximum atomic E-state index is 12.9. The summed E-state index contributed by atoms with van der Waals surface area (Å²) >= 11 is 0. The molecule has 0 aliphatic carbocycles. The van der Waals surface area contributed by atoms with Gasteiger partial charge in [-0.15, -0.1) is 0 Å². The van der Waals surface area contributed by atoms with Crippen molar-refractivity contribution in [1.29, 1.82) is 5.26 Å². The van der Waals surface area contributed by atoms with Crippen LogP contribution in [0.1, 0.15) is 29.7 Å². The predicted octanol–water partition coefficient (Wildman–Crippen LogP) is 2.66. The van der Waals surface area contributed by atoms with Gasteiger partial charge in [-0.1, -0.05) is 0 Å². The molecule has 0 N–H and O–H groups in total. The fourth-order valence-electron chi connectivity index (χ4n) is 4.60. The lowest BCUT2D eigenvalue weighted by molar-refractivity contribution is 0.109. The third-order valence-electron chi connectivity index (χ3n) is 6.43. The molecular formula is C24H25N5O3. The number of nitriles is 1. The number of nitrogens with zero attached hydrogens (tertiary/aromatic N) is 5. The van der Waals surface area contributed by atoms with Gasteiger partial charge in [0.25, 0.3) is 5.56 Å². The maximum Gasteiger partial charge on any atom is 0.261 e. The average Bonchev–Trinajstić information content (AvgIpc) is 2.85. The van der Waals surface area contributed by atoms with Crippen LogP contribution in [0.25, 0.3) is 10.9 Å². The Hall–Kier alpha value is -3.44. The molecule has 164 valence electrons. The van der Waals surface area contributed by atoms with Crippen molar-refractivity contribution in [2.24, 2.45) is 5.92 Å². The van der Waals surface area contributed by atoms with E-state index >= 15 is 0 Å². The number of piperidine rings is 1. The van der Waals surface area contributed by atoms with Crippen molar-refractivity contribution >= 4 is 16.7 Å². The molecule has 1 aromatic carbocycles. The van der Waals surface area contributed by atoms with Gasteiger partial charge in [0, 0.05) is 37.7 Å². The van der Waals surface area contributed by atoms with Crippen LogP contribution in [0.5, 0.6) is 5.75 Å². The lowest BCUT2D eigenvalue weighted by Crippen LogP contribution is -2.37. The van der Waals surface area contributed by atoms with Gasteiger partial charge in [-0.05, 0) is 37.0 Å². The summed E-state index contributed by atoms with van der Waals surface area (Å²) in [7, 11) is 1.60. The van der Waals surface area contributed by atoms with Gasteiger partial charge in [-0.25, -0.2) is 9.97 Å². The van der Waals surface area contributed by atoms with Gasteiger partial charge in [0.1, 0.15) is 17.6 Å². The van der Waals surface area contributed by atoms with E-state index in [1.807, 2.05) is 6.07 Å². The highest BCUT2D eigenvalue weighted by Gasteiger charge is 2.25. The van der Waals surface area contributed by atoms with Crippen molar-refractivity contribution in [1.82, 2.24) is 14.5 Å². The Morgan fingerprint density at radius 3 is 2.91 bits per heavy atom. The smallest absolute Gasteiger partial charge is 0.261 e. The van der Waals surface area contributed by atoms with Gasteiger partial charge < -0.3 is 14.4 Å². The molecule has 3 aromatic rings. The Kier molecular flexibility index (Phi) is 5.50. The van der Waals surface area contributed by atoms with Crippen LogP contribution in [-0.4, -0.2) is 41.3 Å². The summed E-state index contributed by atoms with van der Waals surface area (Å²) in [6, 6.07) is 9.58. The monoisotopic (exact) mass is 431 g/mol. The molecule has 0 spiro atoms. The van der Waals surface area contributed by atoms with Crippen LogP contribution in [0.4, 0.5) is 5.82 Å². The van der Waals surface area contributed by atoms with Gasteiger partial charge in [0.15, 0.2) is 0 Å². The number of anilines is 1. The van der Waals surface area contributed by atoms with E-state index < -0.39 is 0 Å². The third kappa shape index (κ3) is 3.80. The van der Waals surface area contributed by atoms with Crippen molar-refractivity contribution < 1.29 is 9.47 Å². The van der Waals surface area contributed by atoms with Crippen LogP contribution in [-0.2, 0) is 24.3 Å². The quantitative estimate of drug-likeness (QED) is 0.627. The van der Waals surface area contributed by atoms with E-state index in [9.17, 15) is 10.1 Å². The Morgan fingerprint density at radius 2 is 2.12 bits per heavy atom. The first-order valence-corrected chi connectivity index (χ1v) is 10.9. The minimum absolute atomic E-state index is 0.0228. The van der Waals surface area contributed by atoms with Crippen LogP contribution in [0.2, 0.25) is 0 Å². The minimum atomic E-state index is -0.0228. The maximum absolute atomic E-state index is 12.9. The molecule has 1 saturated heterocycles. The fourth-order valence-corrected chi connectivity index (χ4v) is 4.60. The van der Waals surface area contributed by atoms with Crippen molar-refractivity contribution in [3.8, 4) is 11.8 Å². The summed E-state index contributed by atoms with van der Waals surface area (Å²) in [5.74, 6) is 1.85. The Morgan fingerprint density at radius 1 is 1.28 bits per heavy atom. The molecule has 0 amide bonds. The van der Waals surface area contributed by atoms with Crippen molar-refractivity contribution in [2.75, 3.05) is 31.7 Å². The molecule has 2 aliphatic rings. The second-order valence-corrected chi connectivity index (χ2v) is 8.40. The highest BCUT2D eigenvalue weighted by Crippen LogP contribution is 2.28. The van der Waals surface area contributed by atoms with Crippen LogP contribution in [0, 0.1) is 17.2 Å². The zero-order valence-electron chi connectivity index (χ0n) is 18.1. The van der Waals surface area contributed by atoms with Crippen LogP contribution in [0.15, 0.2) is 35.4 Å².